The highest BCUT2D eigenvalue weighted by Gasteiger charge is 2.25. The molecule has 0 unspecified atom stereocenters. The van der Waals surface area contributed by atoms with Crippen LogP contribution < -0.4 is 21.1 Å². The van der Waals surface area contributed by atoms with Crippen LogP contribution in [0.25, 0.3) is 0 Å². The second kappa shape index (κ2) is 5.50. The van der Waals surface area contributed by atoms with Crippen molar-refractivity contribution < 1.29 is 9.53 Å². The minimum atomic E-state index is -0.154. The summed E-state index contributed by atoms with van der Waals surface area (Å²) < 4.78 is 5.54. The van der Waals surface area contributed by atoms with Gasteiger partial charge in [0.2, 0.25) is 0 Å². The normalized spacial score (nSPS) is 20.6. The average molecular weight is 296 g/mol. The van der Waals surface area contributed by atoms with Crippen molar-refractivity contribution in [3.63, 3.8) is 0 Å². The van der Waals surface area contributed by atoms with Crippen LogP contribution in [-0.4, -0.2) is 31.6 Å². The van der Waals surface area contributed by atoms with Crippen molar-refractivity contribution in [3.8, 4) is 5.75 Å². The fourth-order valence-electron chi connectivity index (χ4n) is 2.78. The standard InChI is InChI=1S/C14H18ClN3O2/c15-11-6-10(13-9(12(11)16)3-5-20-13)14(19)18-7-8-2-1-4-17-8/h6,8,17H,1-5,7,16H2,(H,18,19)/t8-/m0/s1. The zero-order valence-electron chi connectivity index (χ0n) is 11.2. The molecule has 20 heavy (non-hydrogen) atoms. The summed E-state index contributed by atoms with van der Waals surface area (Å²) >= 11 is 6.10. The predicted octanol–water partition coefficient (Wildman–Crippen LogP) is 1.34. The van der Waals surface area contributed by atoms with Crippen LogP contribution >= 0.6 is 11.6 Å². The van der Waals surface area contributed by atoms with Crippen LogP contribution in [0, 0.1) is 0 Å². The molecule has 1 amide bonds. The molecule has 4 N–H and O–H groups in total. The van der Waals surface area contributed by atoms with Crippen LogP contribution in [0.4, 0.5) is 5.69 Å². The number of anilines is 1. The lowest BCUT2D eigenvalue weighted by Crippen LogP contribution is -2.37. The van der Waals surface area contributed by atoms with Gasteiger partial charge < -0.3 is 21.1 Å². The summed E-state index contributed by atoms with van der Waals surface area (Å²) in [5.41, 5.74) is 7.77. The lowest BCUT2D eigenvalue weighted by molar-refractivity contribution is 0.0947. The Morgan fingerprint density at radius 3 is 3.20 bits per heavy atom. The van der Waals surface area contributed by atoms with Gasteiger partial charge in [-0.15, -0.1) is 0 Å². The average Bonchev–Trinajstić information content (AvgIpc) is 3.10. The van der Waals surface area contributed by atoms with E-state index < -0.39 is 0 Å². The number of nitrogen functional groups attached to an aromatic ring is 1. The number of carbonyl (C=O) groups is 1. The zero-order valence-corrected chi connectivity index (χ0v) is 11.9. The third kappa shape index (κ3) is 2.43. The van der Waals surface area contributed by atoms with E-state index in [9.17, 15) is 4.79 Å². The van der Waals surface area contributed by atoms with E-state index in [1.54, 1.807) is 6.07 Å². The molecule has 0 spiro atoms. The maximum Gasteiger partial charge on any atom is 0.255 e. The molecule has 0 bridgehead atoms. The van der Waals surface area contributed by atoms with Crippen molar-refractivity contribution in [1.29, 1.82) is 0 Å². The Morgan fingerprint density at radius 2 is 2.45 bits per heavy atom. The number of fused-ring (bicyclic) bond motifs is 1. The van der Waals surface area contributed by atoms with Gasteiger partial charge in [0.25, 0.3) is 5.91 Å². The monoisotopic (exact) mass is 295 g/mol. The van der Waals surface area contributed by atoms with Gasteiger partial charge in [-0.3, -0.25) is 4.79 Å². The van der Waals surface area contributed by atoms with E-state index in [0.29, 0.717) is 47.6 Å². The molecule has 0 saturated carbocycles. The number of rotatable bonds is 3. The van der Waals surface area contributed by atoms with E-state index in [1.807, 2.05) is 0 Å². The maximum atomic E-state index is 12.3. The second-order valence-corrected chi connectivity index (χ2v) is 5.64. The first kappa shape index (κ1) is 13.5. The number of nitrogens with one attached hydrogen (secondary N) is 2. The Labute approximate surface area is 122 Å². The molecular weight excluding hydrogens is 278 g/mol. The Bertz CT molecular complexity index is 542. The number of halogens is 1. The summed E-state index contributed by atoms with van der Waals surface area (Å²) in [5.74, 6) is 0.433. The molecule has 2 heterocycles. The molecule has 108 valence electrons. The van der Waals surface area contributed by atoms with Gasteiger partial charge in [-0.25, -0.2) is 0 Å². The van der Waals surface area contributed by atoms with E-state index >= 15 is 0 Å². The number of amides is 1. The van der Waals surface area contributed by atoms with Crippen molar-refractivity contribution in [2.75, 3.05) is 25.4 Å². The van der Waals surface area contributed by atoms with E-state index in [4.69, 9.17) is 22.1 Å². The van der Waals surface area contributed by atoms with Crippen molar-refractivity contribution in [2.24, 2.45) is 0 Å². The molecular formula is C14H18ClN3O2. The molecule has 1 fully saturated rings. The summed E-state index contributed by atoms with van der Waals surface area (Å²) in [4.78, 5) is 12.3. The molecule has 0 aromatic heterocycles. The molecule has 5 nitrogen and oxygen atoms in total. The first-order valence-corrected chi connectivity index (χ1v) is 7.30. The molecule has 3 rings (SSSR count). The lowest BCUT2D eigenvalue weighted by atomic mass is 10.0. The highest BCUT2D eigenvalue weighted by atomic mass is 35.5. The molecule has 1 aromatic rings. The third-order valence-corrected chi connectivity index (χ3v) is 4.20. The van der Waals surface area contributed by atoms with Gasteiger partial charge in [0.15, 0.2) is 0 Å². The molecule has 1 aromatic carbocycles. The summed E-state index contributed by atoms with van der Waals surface area (Å²) in [5, 5.41) is 6.70. The molecule has 6 heteroatoms. The van der Waals surface area contributed by atoms with E-state index in [2.05, 4.69) is 10.6 Å². The second-order valence-electron chi connectivity index (χ2n) is 5.23. The fraction of sp³-hybridized carbons (Fsp3) is 0.500. The van der Waals surface area contributed by atoms with Gasteiger partial charge >= 0.3 is 0 Å². The first-order chi connectivity index (χ1) is 9.66. The Kier molecular flexibility index (Phi) is 3.72. The minimum Gasteiger partial charge on any atom is -0.492 e. The molecule has 2 aliphatic rings. The minimum absolute atomic E-state index is 0.154. The summed E-state index contributed by atoms with van der Waals surface area (Å²) in [7, 11) is 0. The smallest absolute Gasteiger partial charge is 0.255 e. The van der Waals surface area contributed by atoms with Crippen LogP contribution in [0.1, 0.15) is 28.8 Å². The van der Waals surface area contributed by atoms with Gasteiger partial charge in [-0.05, 0) is 25.5 Å². The van der Waals surface area contributed by atoms with Gasteiger partial charge in [-0.1, -0.05) is 11.6 Å². The fourth-order valence-corrected chi connectivity index (χ4v) is 3.00. The molecule has 1 atom stereocenters. The van der Waals surface area contributed by atoms with Crippen LogP contribution in [0.2, 0.25) is 5.02 Å². The SMILES string of the molecule is Nc1c(Cl)cc(C(=O)NC[C@@H]2CCCN2)c2c1CCO2. The van der Waals surface area contributed by atoms with Crippen LogP contribution in [0.5, 0.6) is 5.75 Å². The number of hydrogen-bond donors (Lipinski definition) is 3. The number of carbonyl (C=O) groups excluding carboxylic acids is 1. The Morgan fingerprint density at radius 1 is 1.60 bits per heavy atom. The maximum absolute atomic E-state index is 12.3. The zero-order chi connectivity index (χ0) is 14.1. The molecule has 0 radical (unpaired) electrons. The van der Waals surface area contributed by atoms with Crippen LogP contribution in [-0.2, 0) is 6.42 Å². The summed E-state index contributed by atoms with van der Waals surface area (Å²) in [6.45, 7) is 2.19. The van der Waals surface area contributed by atoms with E-state index in [0.717, 1.165) is 24.9 Å². The Balaban J connectivity index is 1.77. The largest absolute Gasteiger partial charge is 0.492 e. The number of nitrogens with two attached hydrogens (primary N) is 1. The van der Waals surface area contributed by atoms with Crippen LogP contribution in [0.15, 0.2) is 6.07 Å². The number of ether oxygens (including phenoxy) is 1. The number of hydrogen-bond acceptors (Lipinski definition) is 4. The topological polar surface area (TPSA) is 76.4 Å². The molecule has 2 aliphatic heterocycles. The van der Waals surface area contributed by atoms with Crippen LogP contribution in [0.3, 0.4) is 0 Å². The van der Waals surface area contributed by atoms with Gasteiger partial charge in [-0.2, -0.15) is 0 Å². The molecule has 0 aliphatic carbocycles. The van der Waals surface area contributed by atoms with Gasteiger partial charge in [0.05, 0.1) is 22.9 Å². The van der Waals surface area contributed by atoms with Gasteiger partial charge in [0, 0.05) is 24.6 Å². The predicted molar refractivity (Wildman–Crippen MR) is 78.4 cm³/mol. The summed E-state index contributed by atoms with van der Waals surface area (Å²) in [6.07, 6.45) is 2.95. The van der Waals surface area contributed by atoms with Crippen molar-refractivity contribution in [3.05, 3.63) is 22.2 Å². The van der Waals surface area contributed by atoms with E-state index in [-0.39, 0.29) is 5.91 Å². The quantitative estimate of drug-likeness (QED) is 0.736. The Hall–Kier alpha value is -1.46. The lowest BCUT2D eigenvalue weighted by Gasteiger charge is -2.14. The first-order valence-electron chi connectivity index (χ1n) is 6.92. The van der Waals surface area contributed by atoms with Crippen molar-refractivity contribution in [2.45, 2.75) is 25.3 Å². The van der Waals surface area contributed by atoms with E-state index in [1.165, 1.54) is 0 Å². The molecule has 1 saturated heterocycles. The highest BCUT2D eigenvalue weighted by Crippen LogP contribution is 2.38. The van der Waals surface area contributed by atoms with Gasteiger partial charge in [0.1, 0.15) is 5.75 Å². The highest BCUT2D eigenvalue weighted by molar-refractivity contribution is 6.33. The third-order valence-electron chi connectivity index (χ3n) is 3.89. The van der Waals surface area contributed by atoms with Crippen molar-refractivity contribution >= 4 is 23.2 Å². The number of benzene rings is 1. The summed E-state index contributed by atoms with van der Waals surface area (Å²) in [6, 6.07) is 1.95. The van der Waals surface area contributed by atoms with Crippen molar-refractivity contribution in [1.82, 2.24) is 10.6 Å².